The second-order valence-electron chi connectivity index (χ2n) is 8.41. The van der Waals surface area contributed by atoms with Crippen molar-refractivity contribution < 1.29 is 4.79 Å². The average Bonchev–Trinajstić information content (AvgIpc) is 3.14. The summed E-state index contributed by atoms with van der Waals surface area (Å²) >= 11 is 0. The van der Waals surface area contributed by atoms with Crippen molar-refractivity contribution in [1.82, 2.24) is 20.3 Å². The van der Waals surface area contributed by atoms with Gasteiger partial charge in [0.15, 0.2) is 0 Å². The maximum Gasteiger partial charge on any atom is 0.228 e. The Kier molecular flexibility index (Phi) is 4.79. The number of nitrogens with one attached hydrogen (secondary N) is 2. The Balaban J connectivity index is 1.27. The van der Waals surface area contributed by atoms with E-state index in [1.807, 2.05) is 48.8 Å². The van der Waals surface area contributed by atoms with E-state index in [-0.39, 0.29) is 5.91 Å². The number of piperazine rings is 1. The summed E-state index contributed by atoms with van der Waals surface area (Å²) in [5.41, 5.74) is 6.99. The first kappa shape index (κ1) is 19.5. The number of amides is 1. The lowest BCUT2D eigenvalue weighted by Gasteiger charge is -2.37. The minimum absolute atomic E-state index is 0.0173. The minimum Gasteiger partial charge on any atom is -0.368 e. The predicted octanol–water partition coefficient (Wildman–Crippen LogP) is 3.57. The van der Waals surface area contributed by atoms with Gasteiger partial charge >= 0.3 is 0 Å². The Morgan fingerprint density at radius 3 is 2.61 bits per heavy atom. The number of H-pyrrole nitrogens is 1. The summed E-state index contributed by atoms with van der Waals surface area (Å²) in [6, 6.07) is 10.5. The molecule has 1 saturated heterocycles. The number of imidazole rings is 1. The molecule has 2 aromatic heterocycles. The van der Waals surface area contributed by atoms with E-state index in [4.69, 9.17) is 4.98 Å². The largest absolute Gasteiger partial charge is 0.368 e. The van der Waals surface area contributed by atoms with E-state index < -0.39 is 0 Å². The van der Waals surface area contributed by atoms with Crippen LogP contribution >= 0.6 is 0 Å². The molecule has 164 valence electrons. The number of anilines is 2. The molecular formula is C26H24N6O. The Morgan fingerprint density at radius 1 is 0.939 bits per heavy atom. The molecular weight excluding hydrogens is 412 g/mol. The van der Waals surface area contributed by atoms with Gasteiger partial charge in [-0.25, -0.2) is 4.98 Å². The Hall–Kier alpha value is -4.13. The van der Waals surface area contributed by atoms with Crippen molar-refractivity contribution in [3.8, 4) is 0 Å². The lowest BCUT2D eigenvalue weighted by molar-refractivity contribution is -0.119. The second kappa shape index (κ2) is 8.09. The first-order valence-corrected chi connectivity index (χ1v) is 11.2. The number of carbonyl (C=O) groups is 1. The molecule has 1 aromatic carbocycles. The molecule has 0 unspecified atom stereocenters. The highest BCUT2D eigenvalue weighted by atomic mass is 16.1. The van der Waals surface area contributed by atoms with E-state index in [0.717, 1.165) is 59.9 Å². The molecule has 4 heterocycles. The van der Waals surface area contributed by atoms with Gasteiger partial charge in [0.1, 0.15) is 5.82 Å². The first-order valence-electron chi connectivity index (χ1n) is 11.2. The molecule has 0 radical (unpaired) electrons. The van der Waals surface area contributed by atoms with Gasteiger partial charge in [-0.2, -0.15) is 0 Å². The lowest BCUT2D eigenvalue weighted by Crippen LogP contribution is -2.46. The summed E-state index contributed by atoms with van der Waals surface area (Å²) in [5.74, 6) is 0.738. The van der Waals surface area contributed by atoms with Crippen LogP contribution in [0.1, 0.15) is 12.2 Å². The third kappa shape index (κ3) is 3.71. The maximum atomic E-state index is 12.3. The number of nitrogens with zero attached hydrogens (tertiary/aromatic N) is 4. The summed E-state index contributed by atoms with van der Waals surface area (Å²) in [4.78, 5) is 29.6. The minimum atomic E-state index is -0.0173. The van der Waals surface area contributed by atoms with Crippen LogP contribution in [0.3, 0.4) is 0 Å². The molecule has 0 bridgehead atoms. The molecule has 1 fully saturated rings. The van der Waals surface area contributed by atoms with Crippen LogP contribution in [-0.2, 0) is 4.79 Å². The van der Waals surface area contributed by atoms with Gasteiger partial charge in [0.2, 0.25) is 5.91 Å². The van der Waals surface area contributed by atoms with E-state index in [1.54, 1.807) is 0 Å². The average molecular weight is 437 g/mol. The number of pyridine rings is 1. The Bertz CT molecular complexity index is 1340. The van der Waals surface area contributed by atoms with Crippen molar-refractivity contribution in [1.29, 1.82) is 0 Å². The van der Waals surface area contributed by atoms with Gasteiger partial charge in [-0.05, 0) is 36.4 Å². The van der Waals surface area contributed by atoms with Crippen LogP contribution in [0.25, 0.3) is 16.6 Å². The molecule has 33 heavy (non-hydrogen) atoms. The van der Waals surface area contributed by atoms with Crippen LogP contribution < -0.4 is 15.1 Å². The summed E-state index contributed by atoms with van der Waals surface area (Å²) in [7, 11) is 0. The normalized spacial score (nSPS) is 18.3. The number of aromatic nitrogens is 3. The molecule has 3 aliphatic rings. The van der Waals surface area contributed by atoms with Gasteiger partial charge in [-0.3, -0.25) is 9.78 Å². The molecule has 1 aliphatic carbocycles. The third-order valence-corrected chi connectivity index (χ3v) is 6.38. The van der Waals surface area contributed by atoms with Crippen LogP contribution in [-0.4, -0.2) is 47.0 Å². The number of fused-ring (bicyclic) bond motifs is 2. The quantitative estimate of drug-likeness (QED) is 0.657. The van der Waals surface area contributed by atoms with Gasteiger partial charge in [0, 0.05) is 54.9 Å². The van der Waals surface area contributed by atoms with Crippen molar-refractivity contribution in [2.45, 2.75) is 6.42 Å². The number of aromatic amines is 1. The number of benzene rings is 1. The number of hydrogen-bond donors (Lipinski definition) is 2. The van der Waals surface area contributed by atoms with Crippen LogP contribution in [0.2, 0.25) is 0 Å². The van der Waals surface area contributed by atoms with Gasteiger partial charge in [-0.1, -0.05) is 24.3 Å². The highest BCUT2D eigenvalue weighted by molar-refractivity contribution is 5.97. The fourth-order valence-electron chi connectivity index (χ4n) is 4.68. The predicted molar refractivity (Wildman–Crippen MR) is 131 cm³/mol. The van der Waals surface area contributed by atoms with E-state index in [0.29, 0.717) is 6.42 Å². The first-order chi connectivity index (χ1) is 16.2. The smallest absolute Gasteiger partial charge is 0.228 e. The summed E-state index contributed by atoms with van der Waals surface area (Å²) < 4.78 is 0. The topological polar surface area (TPSA) is 77.2 Å². The van der Waals surface area contributed by atoms with E-state index >= 15 is 0 Å². The summed E-state index contributed by atoms with van der Waals surface area (Å²) in [6.07, 6.45) is 13.9. The van der Waals surface area contributed by atoms with Crippen molar-refractivity contribution in [3.05, 3.63) is 90.2 Å². The number of hydrogen-bond acceptors (Lipinski definition) is 5. The maximum absolute atomic E-state index is 12.3. The van der Waals surface area contributed by atoms with Crippen LogP contribution in [0.5, 0.6) is 0 Å². The highest BCUT2D eigenvalue weighted by Gasteiger charge is 2.25. The number of carbonyl (C=O) groups excluding carboxylic acids is 1. The van der Waals surface area contributed by atoms with Crippen LogP contribution in [0.4, 0.5) is 11.4 Å². The molecule has 2 aliphatic heterocycles. The molecule has 6 rings (SSSR count). The van der Waals surface area contributed by atoms with Crippen LogP contribution in [0.15, 0.2) is 84.4 Å². The number of rotatable bonds is 3. The summed E-state index contributed by atoms with van der Waals surface area (Å²) in [6.45, 7) is 3.81. The summed E-state index contributed by atoms with van der Waals surface area (Å²) in [5, 5.41) is 2.96. The second-order valence-corrected chi connectivity index (χ2v) is 8.41. The molecule has 0 atom stereocenters. The Morgan fingerprint density at radius 2 is 1.79 bits per heavy atom. The molecule has 0 spiro atoms. The molecule has 2 N–H and O–H groups in total. The fourth-order valence-corrected chi connectivity index (χ4v) is 4.68. The zero-order valence-corrected chi connectivity index (χ0v) is 18.2. The van der Waals surface area contributed by atoms with Gasteiger partial charge in [-0.15, -0.1) is 0 Å². The van der Waals surface area contributed by atoms with Crippen molar-refractivity contribution in [3.63, 3.8) is 0 Å². The molecule has 3 aromatic rings. The highest BCUT2D eigenvalue weighted by Crippen LogP contribution is 2.32. The van der Waals surface area contributed by atoms with Crippen molar-refractivity contribution in [2.24, 2.45) is 0 Å². The molecule has 7 nitrogen and oxygen atoms in total. The monoisotopic (exact) mass is 436 g/mol. The molecule has 1 amide bonds. The van der Waals surface area contributed by atoms with Gasteiger partial charge in [0.25, 0.3) is 0 Å². The van der Waals surface area contributed by atoms with Crippen molar-refractivity contribution in [2.75, 3.05) is 36.0 Å². The van der Waals surface area contributed by atoms with E-state index in [9.17, 15) is 4.79 Å². The lowest BCUT2D eigenvalue weighted by atomic mass is 9.97. The third-order valence-electron chi connectivity index (χ3n) is 6.38. The SMILES string of the molecule is O=C1CC(c2nc3ccc(N4CCN(c5cccnc5)CC4)cc3[nH]2)=C2C=CC=CC=C2N1. The van der Waals surface area contributed by atoms with E-state index in [1.165, 1.54) is 11.4 Å². The zero-order valence-electron chi connectivity index (χ0n) is 18.2. The van der Waals surface area contributed by atoms with Gasteiger partial charge < -0.3 is 20.1 Å². The fraction of sp³-hybridized carbons (Fsp3) is 0.192. The molecule has 7 heteroatoms. The van der Waals surface area contributed by atoms with Gasteiger partial charge in [0.05, 0.1) is 29.3 Å². The molecule has 0 saturated carbocycles. The number of allylic oxidation sites excluding steroid dienone is 5. The van der Waals surface area contributed by atoms with Crippen molar-refractivity contribution >= 4 is 33.9 Å². The van der Waals surface area contributed by atoms with E-state index in [2.05, 4.69) is 49.4 Å². The Labute approximate surface area is 191 Å². The zero-order chi connectivity index (χ0) is 22.2. The standard InChI is InChI=1S/C26H24N6O/c33-25-16-21(20-6-2-1-3-7-22(20)28-25)26-29-23-9-8-18(15-24(23)30-26)31-11-13-32(14-12-31)19-5-4-10-27-17-19/h1-10,15,17H,11-14,16H2,(H,28,33)(H,29,30). The van der Waals surface area contributed by atoms with Crippen LogP contribution in [0, 0.1) is 0 Å².